The van der Waals surface area contributed by atoms with Gasteiger partial charge in [-0.25, -0.2) is 13.2 Å². The number of nitrogens with two attached hydrogens (primary N) is 1. The molecule has 0 radical (unpaired) electrons. The number of nitrogens with one attached hydrogen (secondary N) is 1. The van der Waals surface area contributed by atoms with Crippen molar-refractivity contribution < 1.29 is 18.3 Å². The van der Waals surface area contributed by atoms with Crippen LogP contribution in [-0.2, 0) is 10.0 Å². The van der Waals surface area contributed by atoms with Gasteiger partial charge >= 0.3 is 5.97 Å². The Morgan fingerprint density at radius 1 is 1.14 bits per heavy atom. The van der Waals surface area contributed by atoms with Crippen LogP contribution in [0.4, 0.5) is 11.4 Å². The van der Waals surface area contributed by atoms with Gasteiger partial charge in [-0.05, 0) is 37.3 Å². The average molecular weight is 306 g/mol. The lowest BCUT2D eigenvalue weighted by atomic mass is 10.1. The molecule has 0 aliphatic rings. The molecule has 0 amide bonds. The van der Waals surface area contributed by atoms with Gasteiger partial charge in [-0.2, -0.15) is 0 Å². The van der Waals surface area contributed by atoms with Gasteiger partial charge in [0.2, 0.25) is 0 Å². The first kappa shape index (κ1) is 14.9. The molecule has 0 unspecified atom stereocenters. The number of carboxylic acid groups (broad SMARTS) is 1. The van der Waals surface area contributed by atoms with E-state index in [4.69, 9.17) is 10.8 Å². The van der Waals surface area contributed by atoms with Crippen molar-refractivity contribution in [3.8, 4) is 0 Å². The molecule has 7 heteroatoms. The van der Waals surface area contributed by atoms with Gasteiger partial charge in [0.05, 0.1) is 16.1 Å². The summed E-state index contributed by atoms with van der Waals surface area (Å²) < 4.78 is 26.7. The first-order chi connectivity index (χ1) is 9.79. The Labute approximate surface area is 122 Å². The van der Waals surface area contributed by atoms with E-state index in [1.807, 2.05) is 6.92 Å². The van der Waals surface area contributed by atoms with Crippen LogP contribution < -0.4 is 10.5 Å². The van der Waals surface area contributed by atoms with Crippen molar-refractivity contribution in [2.45, 2.75) is 11.8 Å². The molecule has 2 aromatic carbocycles. The van der Waals surface area contributed by atoms with Gasteiger partial charge in [0.25, 0.3) is 10.0 Å². The molecule has 6 nitrogen and oxygen atoms in total. The Morgan fingerprint density at radius 2 is 1.76 bits per heavy atom. The van der Waals surface area contributed by atoms with Crippen molar-refractivity contribution in [2.24, 2.45) is 0 Å². The summed E-state index contributed by atoms with van der Waals surface area (Å²) in [5.74, 6) is -1.26. The third-order valence-electron chi connectivity index (χ3n) is 2.85. The van der Waals surface area contributed by atoms with E-state index in [9.17, 15) is 13.2 Å². The lowest BCUT2D eigenvalue weighted by Crippen LogP contribution is -2.15. The monoisotopic (exact) mass is 306 g/mol. The van der Waals surface area contributed by atoms with Gasteiger partial charge in [0, 0.05) is 5.69 Å². The first-order valence-corrected chi connectivity index (χ1v) is 7.50. The number of benzene rings is 2. The van der Waals surface area contributed by atoms with Crippen molar-refractivity contribution in [3.63, 3.8) is 0 Å². The summed E-state index contributed by atoms with van der Waals surface area (Å²) in [5.41, 5.74) is 6.45. The van der Waals surface area contributed by atoms with Crippen LogP contribution in [0.15, 0.2) is 47.4 Å². The van der Waals surface area contributed by atoms with Gasteiger partial charge < -0.3 is 10.8 Å². The highest BCUT2D eigenvalue weighted by Crippen LogP contribution is 2.22. The minimum atomic E-state index is -3.85. The van der Waals surface area contributed by atoms with Crippen LogP contribution >= 0.6 is 0 Å². The molecule has 0 fully saturated rings. The number of nitrogen functional groups attached to an aromatic ring is 1. The van der Waals surface area contributed by atoms with Crippen molar-refractivity contribution in [1.82, 2.24) is 0 Å². The van der Waals surface area contributed by atoms with E-state index in [1.165, 1.54) is 30.3 Å². The summed E-state index contributed by atoms with van der Waals surface area (Å²) in [6.07, 6.45) is 0. The normalized spacial score (nSPS) is 11.1. The number of hydrogen-bond donors (Lipinski definition) is 3. The maximum absolute atomic E-state index is 12.2. The van der Waals surface area contributed by atoms with Gasteiger partial charge in [0.1, 0.15) is 0 Å². The van der Waals surface area contributed by atoms with E-state index in [1.54, 1.807) is 12.1 Å². The third kappa shape index (κ3) is 3.32. The van der Waals surface area contributed by atoms with E-state index in [0.717, 1.165) is 5.56 Å². The molecule has 0 saturated heterocycles. The second kappa shape index (κ2) is 5.45. The Hall–Kier alpha value is -2.54. The van der Waals surface area contributed by atoms with Crippen molar-refractivity contribution in [3.05, 3.63) is 53.6 Å². The first-order valence-electron chi connectivity index (χ1n) is 6.02. The molecule has 2 aromatic rings. The van der Waals surface area contributed by atoms with E-state index in [2.05, 4.69) is 4.72 Å². The molecule has 0 bridgehead atoms. The van der Waals surface area contributed by atoms with Crippen LogP contribution in [0.5, 0.6) is 0 Å². The second-order valence-electron chi connectivity index (χ2n) is 4.53. The maximum atomic E-state index is 12.2. The van der Waals surface area contributed by atoms with E-state index < -0.39 is 16.0 Å². The highest BCUT2D eigenvalue weighted by molar-refractivity contribution is 7.92. The SMILES string of the molecule is Cc1ccc(S(=O)(=O)Nc2ccc(N)cc2C(=O)O)cc1. The highest BCUT2D eigenvalue weighted by Gasteiger charge is 2.18. The maximum Gasteiger partial charge on any atom is 0.337 e. The third-order valence-corrected chi connectivity index (χ3v) is 4.23. The fourth-order valence-electron chi connectivity index (χ4n) is 1.75. The molecular weight excluding hydrogens is 292 g/mol. The Bertz CT molecular complexity index is 783. The van der Waals surface area contributed by atoms with Crippen molar-refractivity contribution in [1.29, 1.82) is 0 Å². The van der Waals surface area contributed by atoms with Gasteiger partial charge in [-0.15, -0.1) is 0 Å². The Balaban J connectivity index is 2.41. The van der Waals surface area contributed by atoms with Crippen LogP contribution in [0, 0.1) is 6.92 Å². The molecular formula is C14H14N2O4S. The van der Waals surface area contributed by atoms with Crippen LogP contribution in [0.25, 0.3) is 0 Å². The molecule has 0 spiro atoms. The lowest BCUT2D eigenvalue weighted by Gasteiger charge is -2.11. The summed E-state index contributed by atoms with van der Waals surface area (Å²) >= 11 is 0. The predicted molar refractivity (Wildman–Crippen MR) is 79.8 cm³/mol. The zero-order chi connectivity index (χ0) is 15.6. The van der Waals surface area contributed by atoms with Crippen molar-refractivity contribution in [2.75, 3.05) is 10.5 Å². The summed E-state index contributed by atoms with van der Waals surface area (Å²) in [7, 11) is -3.85. The van der Waals surface area contributed by atoms with Crippen LogP contribution in [0.2, 0.25) is 0 Å². The van der Waals surface area contributed by atoms with Crippen LogP contribution in [0.1, 0.15) is 15.9 Å². The number of hydrogen-bond acceptors (Lipinski definition) is 4. The number of rotatable bonds is 4. The molecule has 0 atom stereocenters. The summed E-state index contributed by atoms with van der Waals surface area (Å²) in [6.45, 7) is 1.84. The minimum absolute atomic E-state index is 0.0303. The summed E-state index contributed by atoms with van der Waals surface area (Å²) in [4.78, 5) is 11.2. The number of aryl methyl sites for hydroxylation is 1. The predicted octanol–water partition coefficient (Wildman–Crippen LogP) is 2.08. The minimum Gasteiger partial charge on any atom is -0.478 e. The molecule has 2 rings (SSSR count). The smallest absolute Gasteiger partial charge is 0.337 e. The second-order valence-corrected chi connectivity index (χ2v) is 6.21. The Morgan fingerprint density at radius 3 is 2.33 bits per heavy atom. The molecule has 0 saturated carbocycles. The molecule has 110 valence electrons. The standard InChI is InChI=1S/C14H14N2O4S/c1-9-2-5-11(6-3-9)21(19,20)16-13-7-4-10(15)8-12(13)14(17)18/h2-8,16H,15H2,1H3,(H,17,18). The zero-order valence-corrected chi connectivity index (χ0v) is 12.0. The number of aromatic carboxylic acids is 1. The molecule has 0 aliphatic heterocycles. The van der Waals surface area contributed by atoms with Gasteiger partial charge in [-0.1, -0.05) is 17.7 Å². The lowest BCUT2D eigenvalue weighted by molar-refractivity contribution is 0.0698. The van der Waals surface area contributed by atoms with Crippen LogP contribution in [0.3, 0.4) is 0 Å². The van der Waals surface area contributed by atoms with Gasteiger partial charge in [0.15, 0.2) is 0 Å². The topological polar surface area (TPSA) is 109 Å². The largest absolute Gasteiger partial charge is 0.478 e. The van der Waals surface area contributed by atoms with Gasteiger partial charge in [-0.3, -0.25) is 4.72 Å². The average Bonchev–Trinajstić information content (AvgIpc) is 2.41. The fourth-order valence-corrected chi connectivity index (χ4v) is 2.83. The van der Waals surface area contributed by atoms with E-state index >= 15 is 0 Å². The molecule has 0 aliphatic carbocycles. The van der Waals surface area contributed by atoms with Crippen LogP contribution in [-0.4, -0.2) is 19.5 Å². The fraction of sp³-hybridized carbons (Fsp3) is 0.0714. The van der Waals surface area contributed by atoms with E-state index in [0.29, 0.717) is 0 Å². The number of anilines is 2. The van der Waals surface area contributed by atoms with Crippen molar-refractivity contribution >= 4 is 27.4 Å². The Kier molecular flexibility index (Phi) is 3.86. The molecule has 4 N–H and O–H groups in total. The highest BCUT2D eigenvalue weighted by atomic mass is 32.2. The molecule has 21 heavy (non-hydrogen) atoms. The summed E-state index contributed by atoms with van der Waals surface area (Å²) in [6, 6.07) is 10.2. The quantitative estimate of drug-likeness (QED) is 0.749. The zero-order valence-electron chi connectivity index (χ0n) is 11.2. The number of carbonyl (C=O) groups is 1. The van der Waals surface area contributed by atoms with E-state index in [-0.39, 0.29) is 21.8 Å². The number of sulfonamides is 1. The molecule has 0 aromatic heterocycles. The number of carboxylic acids is 1. The molecule has 0 heterocycles. The summed E-state index contributed by atoms with van der Waals surface area (Å²) in [5, 5.41) is 9.10.